The van der Waals surface area contributed by atoms with Crippen LogP contribution in [0.4, 0.5) is 9.18 Å². The van der Waals surface area contributed by atoms with Gasteiger partial charge in [-0.2, -0.15) is 0 Å². The predicted octanol–water partition coefficient (Wildman–Crippen LogP) is 9.14. The van der Waals surface area contributed by atoms with Crippen molar-refractivity contribution in [3.8, 4) is 23.0 Å². The van der Waals surface area contributed by atoms with Gasteiger partial charge < -0.3 is 38.7 Å². The van der Waals surface area contributed by atoms with Gasteiger partial charge in [0.25, 0.3) is 0 Å². The largest absolute Gasteiger partial charge is 0.496 e. The number of oxime groups is 1. The van der Waals surface area contributed by atoms with Gasteiger partial charge in [-0.15, -0.1) is 6.58 Å². The van der Waals surface area contributed by atoms with Gasteiger partial charge in [-0.1, -0.05) is 42.3 Å². The Morgan fingerprint density at radius 1 is 1.00 bits per heavy atom. The summed E-state index contributed by atoms with van der Waals surface area (Å²) in [6.07, 6.45) is 8.44. The molecule has 1 amide bonds. The van der Waals surface area contributed by atoms with Gasteiger partial charge in [0, 0.05) is 37.7 Å². The lowest BCUT2D eigenvalue weighted by Crippen LogP contribution is -2.70. The number of rotatable bonds is 19. The highest BCUT2D eigenvalue weighted by Crippen LogP contribution is 2.62. The summed E-state index contributed by atoms with van der Waals surface area (Å²) in [5, 5.41) is 24.7. The van der Waals surface area contributed by atoms with Crippen LogP contribution in [0.1, 0.15) is 93.1 Å². The summed E-state index contributed by atoms with van der Waals surface area (Å²) in [5.74, 6) is -0.935. The summed E-state index contributed by atoms with van der Waals surface area (Å²) < 4.78 is 45.7. The summed E-state index contributed by atoms with van der Waals surface area (Å²) in [4.78, 5) is 33.8. The molecule has 0 spiro atoms. The van der Waals surface area contributed by atoms with Crippen molar-refractivity contribution in [3.05, 3.63) is 107 Å². The fraction of sp³-hybridized carbons (Fsp3) is 0.479. The highest BCUT2D eigenvalue weighted by Gasteiger charge is 2.65. The lowest BCUT2D eigenvalue weighted by Gasteiger charge is -2.59. The van der Waals surface area contributed by atoms with Crippen LogP contribution < -0.4 is 14.2 Å². The maximum atomic E-state index is 14.2. The van der Waals surface area contributed by atoms with E-state index in [2.05, 4.69) is 12.7 Å². The molecule has 3 aromatic carbocycles. The maximum Gasteiger partial charge on any atom is 0.410 e. The average molecular weight is 843 g/mol. The molecule has 2 N–H and O–H groups in total. The number of aliphatic hydroxyl groups excluding tert-OH is 2. The van der Waals surface area contributed by atoms with Crippen molar-refractivity contribution >= 4 is 18.1 Å². The summed E-state index contributed by atoms with van der Waals surface area (Å²) >= 11 is 0. The highest BCUT2D eigenvalue weighted by molar-refractivity contribution is 6.03. The van der Waals surface area contributed by atoms with Crippen molar-refractivity contribution in [2.45, 2.75) is 95.6 Å². The Bertz CT molecular complexity index is 2060. The van der Waals surface area contributed by atoms with Gasteiger partial charge in [0.1, 0.15) is 40.5 Å². The predicted molar refractivity (Wildman–Crippen MR) is 229 cm³/mol. The molecule has 1 fully saturated rings. The second-order valence-electron chi connectivity index (χ2n) is 16.8. The number of allylic oxidation sites excluding steroid dienone is 1. The van der Waals surface area contributed by atoms with Gasteiger partial charge in [-0.05, 0) is 118 Å². The zero-order valence-corrected chi connectivity index (χ0v) is 35.8. The monoisotopic (exact) mass is 842 g/mol. The van der Waals surface area contributed by atoms with E-state index in [-0.39, 0.29) is 50.5 Å². The Labute approximate surface area is 357 Å². The Hall–Kier alpha value is -5.24. The zero-order chi connectivity index (χ0) is 43.7. The van der Waals surface area contributed by atoms with Crippen LogP contribution in [0, 0.1) is 23.6 Å². The van der Waals surface area contributed by atoms with E-state index in [1.807, 2.05) is 32.9 Å². The minimum absolute atomic E-state index is 0.0122. The number of benzene rings is 3. The standard InChI is InChI=1S/C48H59FN2O10/c1-7-24-58-48-43(51(46(55)57-6)29-31-14-16-34(49)17-15-31)28-40(50-61-47(2,3)4)38-26-32(12-8-10-22-52)37(13-9-11-23-53)44(45(38)48)39-27-36(19-21-42(39)60-48)59-35-18-20-41(56-5)33(25-35)30-54/h7,14-21,25-27,30,32,37,43-45,52-53H,1,8-13,22-24,28-29H2,2-6H3/t32-,37+,43-,44+,45+,48+/m0/s1. The first kappa shape index (κ1) is 45.3. The number of amides is 1. The minimum Gasteiger partial charge on any atom is -0.496 e. The molecule has 0 unspecified atom stereocenters. The van der Waals surface area contributed by atoms with Crippen LogP contribution in [-0.4, -0.2) is 84.7 Å². The van der Waals surface area contributed by atoms with Crippen LogP contribution in [0.15, 0.2) is 90.1 Å². The second kappa shape index (κ2) is 20.1. The van der Waals surface area contributed by atoms with Gasteiger partial charge in [-0.3, -0.25) is 9.69 Å². The highest BCUT2D eigenvalue weighted by atomic mass is 19.1. The average Bonchev–Trinajstić information content (AvgIpc) is 3.25. The number of carbonyl (C=O) groups excluding carboxylic acids is 2. The topological polar surface area (TPSA) is 146 Å². The minimum atomic E-state index is -1.53. The summed E-state index contributed by atoms with van der Waals surface area (Å²) in [5.41, 5.74) is 2.71. The van der Waals surface area contributed by atoms with Gasteiger partial charge in [0.05, 0.1) is 38.0 Å². The molecule has 2 aliphatic carbocycles. The van der Waals surface area contributed by atoms with Crippen molar-refractivity contribution in [2.24, 2.45) is 22.9 Å². The second-order valence-corrected chi connectivity index (χ2v) is 16.8. The molecule has 6 atom stereocenters. The van der Waals surface area contributed by atoms with E-state index < -0.39 is 35.3 Å². The van der Waals surface area contributed by atoms with E-state index in [9.17, 15) is 24.2 Å². The molecule has 12 nitrogen and oxygen atoms in total. The molecule has 1 saturated carbocycles. The van der Waals surface area contributed by atoms with Gasteiger partial charge in [-0.25, -0.2) is 9.18 Å². The molecule has 3 aromatic rings. The Kier molecular flexibility index (Phi) is 14.9. The Morgan fingerprint density at radius 3 is 2.36 bits per heavy atom. The van der Waals surface area contributed by atoms with E-state index in [0.29, 0.717) is 59.0 Å². The van der Waals surface area contributed by atoms with Crippen LogP contribution in [0.25, 0.3) is 0 Å². The van der Waals surface area contributed by atoms with Crippen LogP contribution in [0.5, 0.6) is 23.0 Å². The fourth-order valence-corrected chi connectivity index (χ4v) is 9.11. The van der Waals surface area contributed by atoms with Crippen LogP contribution in [-0.2, 0) is 20.9 Å². The first-order valence-corrected chi connectivity index (χ1v) is 21.1. The molecule has 13 heteroatoms. The van der Waals surface area contributed by atoms with Crippen molar-refractivity contribution in [1.82, 2.24) is 4.90 Å². The molecule has 1 aliphatic heterocycles. The lowest BCUT2D eigenvalue weighted by molar-refractivity contribution is -0.256. The third-order valence-electron chi connectivity index (χ3n) is 11.7. The van der Waals surface area contributed by atoms with Crippen molar-refractivity contribution < 1.29 is 52.7 Å². The number of halogens is 1. The number of aldehydes is 1. The number of aliphatic hydroxyl groups is 2. The SMILES string of the molecule is C=CCO[C@@]12Oc3ccc(Oc4ccc(OC)c(C=O)c4)cc3[C@H]3[C@H](CCCCO)[C@@H](CCCCO)C=C(C(=NOC(C)(C)C)C[C@@H]1N(Cc1ccc(F)cc1)C(=O)OC)[C@H]32. The van der Waals surface area contributed by atoms with Crippen LogP contribution >= 0.6 is 0 Å². The van der Waals surface area contributed by atoms with E-state index in [4.69, 9.17) is 33.7 Å². The smallest absolute Gasteiger partial charge is 0.410 e. The summed E-state index contributed by atoms with van der Waals surface area (Å²) in [6.45, 7) is 9.97. The number of hydrogen-bond donors (Lipinski definition) is 2. The number of hydrogen-bond acceptors (Lipinski definition) is 11. The molecule has 1 heterocycles. The molecule has 6 rings (SSSR count). The van der Waals surface area contributed by atoms with Crippen molar-refractivity contribution in [1.29, 1.82) is 0 Å². The number of ether oxygens (including phenoxy) is 5. The third kappa shape index (κ3) is 10.1. The van der Waals surface area contributed by atoms with Crippen LogP contribution in [0.3, 0.4) is 0 Å². The van der Waals surface area contributed by atoms with E-state index in [1.165, 1.54) is 26.4 Å². The molecule has 0 saturated heterocycles. The summed E-state index contributed by atoms with van der Waals surface area (Å²) in [6, 6.07) is 15.8. The molecule has 0 radical (unpaired) electrons. The molecule has 0 aromatic heterocycles. The van der Waals surface area contributed by atoms with Crippen molar-refractivity contribution in [2.75, 3.05) is 34.0 Å². The molecule has 3 aliphatic rings. The normalized spacial score (nSPS) is 23.4. The number of unbranched alkanes of at least 4 members (excludes halogenated alkanes) is 2. The number of fused-ring (bicyclic) bond motifs is 2. The van der Waals surface area contributed by atoms with E-state index in [0.717, 1.165) is 36.8 Å². The quantitative estimate of drug-likeness (QED) is 0.0519. The first-order chi connectivity index (χ1) is 29.4. The Morgan fingerprint density at radius 2 is 1.70 bits per heavy atom. The number of carbonyl (C=O) groups is 2. The van der Waals surface area contributed by atoms with Gasteiger partial charge in [0.2, 0.25) is 5.79 Å². The Balaban J connectivity index is 1.61. The maximum absolute atomic E-state index is 14.2. The first-order valence-electron chi connectivity index (χ1n) is 21.1. The molecular weight excluding hydrogens is 784 g/mol. The number of nitrogens with zero attached hydrogens (tertiary/aromatic N) is 2. The van der Waals surface area contributed by atoms with Gasteiger partial charge >= 0.3 is 6.09 Å². The molecule has 0 bridgehead atoms. The molecule has 328 valence electrons. The molecular formula is C48H59FN2O10. The number of methoxy groups -OCH3 is 2. The van der Waals surface area contributed by atoms with Gasteiger partial charge in [0.15, 0.2) is 6.29 Å². The molecule has 61 heavy (non-hydrogen) atoms. The third-order valence-corrected chi connectivity index (χ3v) is 11.7. The van der Waals surface area contributed by atoms with E-state index in [1.54, 1.807) is 47.4 Å². The fourth-order valence-electron chi connectivity index (χ4n) is 9.11. The van der Waals surface area contributed by atoms with Crippen LogP contribution in [0.2, 0.25) is 0 Å². The van der Waals surface area contributed by atoms with Crippen molar-refractivity contribution in [3.63, 3.8) is 0 Å². The summed E-state index contributed by atoms with van der Waals surface area (Å²) in [7, 11) is 2.82. The van der Waals surface area contributed by atoms with E-state index >= 15 is 0 Å². The lowest BCUT2D eigenvalue weighted by atomic mass is 9.55. The zero-order valence-electron chi connectivity index (χ0n) is 35.8.